The lowest BCUT2D eigenvalue weighted by Crippen LogP contribution is -2.44. The molecule has 1 aromatic rings. The molecule has 3 rings (SSSR count). The highest BCUT2D eigenvalue weighted by atomic mass is 35.5. The molecule has 0 bridgehead atoms. The van der Waals surface area contributed by atoms with Gasteiger partial charge in [-0.2, -0.15) is 0 Å². The molecule has 1 saturated heterocycles. The van der Waals surface area contributed by atoms with Crippen molar-refractivity contribution in [1.82, 2.24) is 10.6 Å². The Kier molecular flexibility index (Phi) is 5.65. The summed E-state index contributed by atoms with van der Waals surface area (Å²) < 4.78 is 0. The van der Waals surface area contributed by atoms with Gasteiger partial charge in [-0.05, 0) is 43.0 Å². The van der Waals surface area contributed by atoms with E-state index in [2.05, 4.69) is 22.9 Å². The second kappa shape index (κ2) is 7.32. The summed E-state index contributed by atoms with van der Waals surface area (Å²) in [5.41, 5.74) is 1.82. The van der Waals surface area contributed by atoms with Gasteiger partial charge >= 0.3 is 0 Å². The van der Waals surface area contributed by atoms with Crippen LogP contribution in [0.15, 0.2) is 24.3 Å². The number of hydrogen-bond acceptors (Lipinski definition) is 3. The van der Waals surface area contributed by atoms with Crippen molar-refractivity contribution in [3.63, 3.8) is 0 Å². The minimum absolute atomic E-state index is 0. The summed E-state index contributed by atoms with van der Waals surface area (Å²) in [5.74, 6) is -0.510. The summed E-state index contributed by atoms with van der Waals surface area (Å²) in [6, 6.07) is 7.55. The smallest absolute Gasteiger partial charge is 0.228 e. The van der Waals surface area contributed by atoms with Crippen molar-refractivity contribution in [3.05, 3.63) is 29.8 Å². The first-order valence-corrected chi connectivity index (χ1v) is 7.95. The number of piperidine rings is 1. The third-order valence-electron chi connectivity index (χ3n) is 4.82. The third kappa shape index (κ3) is 4.03. The van der Waals surface area contributed by atoms with Crippen LogP contribution >= 0.6 is 12.4 Å². The molecule has 1 unspecified atom stereocenters. The molecule has 2 amide bonds. The molecule has 2 aliphatic heterocycles. The fourth-order valence-corrected chi connectivity index (χ4v) is 3.28. The molecule has 0 radical (unpaired) electrons. The number of amides is 2. The second-order valence-corrected chi connectivity index (χ2v) is 6.67. The zero-order valence-electron chi connectivity index (χ0n) is 13.4. The number of rotatable bonds is 3. The summed E-state index contributed by atoms with van der Waals surface area (Å²) in [6.45, 7) is 4.89. The van der Waals surface area contributed by atoms with Gasteiger partial charge in [0.2, 0.25) is 11.8 Å². The minimum atomic E-state index is -0.379. The van der Waals surface area contributed by atoms with Gasteiger partial charge in [-0.25, -0.2) is 0 Å². The number of nitrogens with one attached hydrogen (secondary N) is 3. The first-order valence-electron chi connectivity index (χ1n) is 7.95. The molecule has 23 heavy (non-hydrogen) atoms. The number of benzene rings is 1. The van der Waals surface area contributed by atoms with Crippen LogP contribution < -0.4 is 16.0 Å². The second-order valence-electron chi connectivity index (χ2n) is 6.67. The van der Waals surface area contributed by atoms with Crippen LogP contribution in [0.3, 0.4) is 0 Å². The summed E-state index contributed by atoms with van der Waals surface area (Å²) in [5, 5.41) is 9.25. The van der Waals surface area contributed by atoms with Crippen molar-refractivity contribution < 1.29 is 9.59 Å². The van der Waals surface area contributed by atoms with Gasteiger partial charge in [0.05, 0.1) is 5.92 Å². The highest BCUT2D eigenvalue weighted by Crippen LogP contribution is 2.33. The predicted octanol–water partition coefficient (Wildman–Crippen LogP) is 2.04. The zero-order chi connectivity index (χ0) is 15.6. The molecule has 0 aromatic heterocycles. The highest BCUT2D eigenvalue weighted by molar-refractivity contribution is 6.01. The molecule has 0 aliphatic carbocycles. The molecule has 2 heterocycles. The van der Waals surface area contributed by atoms with Crippen molar-refractivity contribution in [2.24, 2.45) is 5.41 Å². The summed E-state index contributed by atoms with van der Waals surface area (Å²) >= 11 is 0. The Bertz CT molecular complexity index is 585. The number of para-hydroxylation sites is 1. The van der Waals surface area contributed by atoms with E-state index in [1.165, 1.54) is 0 Å². The van der Waals surface area contributed by atoms with Gasteiger partial charge in [0.15, 0.2) is 0 Å². The molecule has 5 nitrogen and oxygen atoms in total. The van der Waals surface area contributed by atoms with Crippen LogP contribution in [0.2, 0.25) is 0 Å². The van der Waals surface area contributed by atoms with Gasteiger partial charge < -0.3 is 16.0 Å². The molecule has 3 N–H and O–H groups in total. The molecule has 1 fully saturated rings. The summed E-state index contributed by atoms with van der Waals surface area (Å²) in [4.78, 5) is 24.4. The van der Waals surface area contributed by atoms with E-state index in [9.17, 15) is 9.59 Å². The van der Waals surface area contributed by atoms with Gasteiger partial charge in [-0.1, -0.05) is 25.1 Å². The maximum Gasteiger partial charge on any atom is 0.228 e. The Balaban J connectivity index is 0.00000192. The van der Waals surface area contributed by atoms with E-state index in [0.29, 0.717) is 6.54 Å². The van der Waals surface area contributed by atoms with Crippen molar-refractivity contribution in [3.8, 4) is 0 Å². The molecule has 0 spiro atoms. The van der Waals surface area contributed by atoms with Crippen molar-refractivity contribution >= 4 is 29.9 Å². The van der Waals surface area contributed by atoms with Gasteiger partial charge in [0, 0.05) is 18.7 Å². The Labute approximate surface area is 143 Å². The van der Waals surface area contributed by atoms with Crippen LogP contribution in [0.25, 0.3) is 0 Å². The third-order valence-corrected chi connectivity index (χ3v) is 4.82. The monoisotopic (exact) mass is 337 g/mol. The van der Waals surface area contributed by atoms with Crippen molar-refractivity contribution in [2.75, 3.05) is 25.0 Å². The SMILES string of the molecule is CC1(CNC(=O)C2CC(=O)Nc3ccccc32)CCNCC1.Cl. The quantitative estimate of drug-likeness (QED) is 0.790. The number of hydrogen-bond donors (Lipinski definition) is 3. The topological polar surface area (TPSA) is 70.2 Å². The standard InChI is InChI=1S/C17H23N3O2.ClH/c1-17(6-8-18-9-7-17)11-19-16(22)13-10-15(21)20-14-5-3-2-4-12(13)14;/h2-5,13,18H,6-11H2,1H3,(H,19,22)(H,20,21);1H. The van der Waals surface area contributed by atoms with E-state index in [4.69, 9.17) is 0 Å². The number of halogens is 1. The Morgan fingerprint density at radius 3 is 2.74 bits per heavy atom. The van der Waals surface area contributed by atoms with E-state index < -0.39 is 0 Å². The normalized spacial score (nSPS) is 22.3. The number of fused-ring (bicyclic) bond motifs is 1. The fourth-order valence-electron chi connectivity index (χ4n) is 3.28. The maximum atomic E-state index is 12.6. The van der Waals surface area contributed by atoms with Gasteiger partial charge in [-0.3, -0.25) is 9.59 Å². The lowest BCUT2D eigenvalue weighted by atomic mass is 9.80. The maximum absolute atomic E-state index is 12.6. The molecule has 1 atom stereocenters. The number of carbonyl (C=O) groups excluding carboxylic acids is 2. The van der Waals surface area contributed by atoms with E-state index in [1.54, 1.807) is 0 Å². The first kappa shape index (κ1) is 17.8. The summed E-state index contributed by atoms with van der Waals surface area (Å²) in [6.07, 6.45) is 2.35. The Morgan fingerprint density at radius 2 is 2.00 bits per heavy atom. The van der Waals surface area contributed by atoms with E-state index in [0.717, 1.165) is 37.2 Å². The Morgan fingerprint density at radius 1 is 1.30 bits per heavy atom. The van der Waals surface area contributed by atoms with E-state index in [-0.39, 0.29) is 42.0 Å². The first-order chi connectivity index (χ1) is 10.6. The number of anilines is 1. The molecule has 126 valence electrons. The molecule has 2 aliphatic rings. The van der Waals surface area contributed by atoms with Crippen LogP contribution in [-0.4, -0.2) is 31.4 Å². The minimum Gasteiger partial charge on any atom is -0.355 e. The van der Waals surface area contributed by atoms with Crippen LogP contribution in [0.5, 0.6) is 0 Å². The Hall–Kier alpha value is -1.59. The lowest BCUT2D eigenvalue weighted by molar-refractivity contribution is -0.126. The van der Waals surface area contributed by atoms with Gasteiger partial charge in [-0.15, -0.1) is 12.4 Å². The molecular weight excluding hydrogens is 314 g/mol. The zero-order valence-corrected chi connectivity index (χ0v) is 14.2. The van der Waals surface area contributed by atoms with Crippen LogP contribution in [0, 0.1) is 5.41 Å². The van der Waals surface area contributed by atoms with E-state index >= 15 is 0 Å². The van der Waals surface area contributed by atoms with E-state index in [1.807, 2.05) is 24.3 Å². The molecule has 6 heteroatoms. The lowest BCUT2D eigenvalue weighted by Gasteiger charge is -2.35. The fraction of sp³-hybridized carbons (Fsp3) is 0.529. The average molecular weight is 338 g/mol. The summed E-state index contributed by atoms with van der Waals surface area (Å²) in [7, 11) is 0. The van der Waals surface area contributed by atoms with Crippen molar-refractivity contribution in [1.29, 1.82) is 0 Å². The van der Waals surface area contributed by atoms with Gasteiger partial charge in [0.25, 0.3) is 0 Å². The largest absolute Gasteiger partial charge is 0.355 e. The van der Waals surface area contributed by atoms with Crippen LogP contribution in [0.1, 0.15) is 37.7 Å². The van der Waals surface area contributed by atoms with Gasteiger partial charge in [0.1, 0.15) is 0 Å². The number of carbonyl (C=O) groups is 2. The predicted molar refractivity (Wildman–Crippen MR) is 92.9 cm³/mol. The highest BCUT2D eigenvalue weighted by Gasteiger charge is 2.32. The van der Waals surface area contributed by atoms with Crippen molar-refractivity contribution in [2.45, 2.75) is 32.1 Å². The molecule has 0 saturated carbocycles. The van der Waals surface area contributed by atoms with Crippen LogP contribution in [-0.2, 0) is 9.59 Å². The molecular formula is C17H24ClN3O2. The average Bonchev–Trinajstić information content (AvgIpc) is 2.52. The molecule has 1 aromatic carbocycles. The van der Waals surface area contributed by atoms with Crippen LogP contribution in [0.4, 0.5) is 5.69 Å².